The molecule has 5 N–H and O–H groups in total. The number of allylic oxidation sites excluding steroid dienone is 1. The summed E-state index contributed by atoms with van der Waals surface area (Å²) in [6.45, 7) is 8.91. The van der Waals surface area contributed by atoms with Gasteiger partial charge in [-0.1, -0.05) is 90.2 Å². The third-order valence-corrected chi connectivity index (χ3v) is 17.4. The molecule has 0 amide bonds. The molecular weight excluding hydrogens is 905 g/mol. The van der Waals surface area contributed by atoms with Crippen LogP contribution in [0.5, 0.6) is 5.75 Å². The fourth-order valence-electron chi connectivity index (χ4n) is 13.3. The van der Waals surface area contributed by atoms with Crippen molar-refractivity contribution in [3.8, 4) is 5.75 Å². The highest BCUT2D eigenvalue weighted by atomic mass is 16.8. The van der Waals surface area contributed by atoms with Gasteiger partial charge in [0.25, 0.3) is 0 Å². The molecule has 0 aromatic heterocycles. The van der Waals surface area contributed by atoms with Gasteiger partial charge in [0.15, 0.2) is 24.8 Å². The second-order valence-corrected chi connectivity index (χ2v) is 21.7. The van der Waals surface area contributed by atoms with Gasteiger partial charge in [-0.05, 0) is 106 Å². The number of fused-ring (bicyclic) bond motifs is 5. The van der Waals surface area contributed by atoms with Crippen LogP contribution in [0, 0.1) is 34.5 Å². The Morgan fingerprint density at radius 3 is 2.09 bits per heavy atom. The standard InChI is InChI=1S/C54H82O16/c1-7-8-9-10-11-12-13-14-15-16-27-64-48(60)32(2)54(62)43(29-40-38-22-19-35-28-36(56)23-25-52(35,4)39(38)24-26-53(40,54)5)68-51-47(67-33(3)55)45(42(58)31-66-51)70-50-46(44(59)41(57)30-65-50)69-49(61)34-17-20-37(63-6)21-18-34/h17-21,32,36,38-47,50-51,56-59,62H,7-16,22-31H2,1-6H3/t32-,36+,38-,39+,40+,41-,42+,43+,44+,45+,46-,47-,50+,51+,52+,53+,54-/m1/s1. The van der Waals surface area contributed by atoms with Gasteiger partial charge in [-0.25, -0.2) is 4.79 Å². The number of aliphatic hydroxyl groups excluding tert-OH is 4. The lowest BCUT2D eigenvalue weighted by molar-refractivity contribution is -0.345. The minimum absolute atomic E-state index is 0.112. The Morgan fingerprint density at radius 2 is 1.43 bits per heavy atom. The van der Waals surface area contributed by atoms with E-state index in [4.69, 9.17) is 37.9 Å². The average molecular weight is 987 g/mol. The maximum atomic E-state index is 14.3. The smallest absolute Gasteiger partial charge is 0.338 e. The summed E-state index contributed by atoms with van der Waals surface area (Å²) in [7, 11) is 1.48. The SMILES string of the molecule is CCCCCCCCCCCCOC(=O)[C@@H](C)[C@@]1(O)[C@@H](O[C@@H]2OC[C@H](O)[C@H](O[C@@H]3OC[C@@H](O)[C@H](O)[C@H]3OC(=O)c3ccc(OC)cc3)[C@H]2OC(C)=O)C[C@H]2[C@@H]3CC=C4C[C@@H](O)CC[C@]4(C)[C@H]3CC[C@@]21C. The normalized spacial score (nSPS) is 38.6. The van der Waals surface area contributed by atoms with E-state index in [1.165, 1.54) is 70.3 Å². The van der Waals surface area contributed by atoms with E-state index in [9.17, 15) is 39.9 Å². The van der Waals surface area contributed by atoms with Crippen LogP contribution in [0.15, 0.2) is 35.9 Å². The molecule has 70 heavy (non-hydrogen) atoms. The number of hydrogen-bond donors (Lipinski definition) is 5. The summed E-state index contributed by atoms with van der Waals surface area (Å²) in [5.74, 6) is -2.40. The Bertz CT molecular complexity index is 1930. The molecular formula is C54H82O16. The largest absolute Gasteiger partial charge is 0.497 e. The predicted octanol–water partition coefficient (Wildman–Crippen LogP) is 6.48. The zero-order valence-corrected chi connectivity index (χ0v) is 42.3. The predicted molar refractivity (Wildman–Crippen MR) is 255 cm³/mol. The van der Waals surface area contributed by atoms with Crippen molar-refractivity contribution in [1.82, 2.24) is 0 Å². The van der Waals surface area contributed by atoms with Crippen LogP contribution >= 0.6 is 0 Å². The van der Waals surface area contributed by atoms with Gasteiger partial charge >= 0.3 is 17.9 Å². The van der Waals surface area contributed by atoms with Gasteiger partial charge in [-0.2, -0.15) is 0 Å². The van der Waals surface area contributed by atoms with Gasteiger partial charge in [0, 0.05) is 12.3 Å². The molecule has 17 atom stereocenters. The van der Waals surface area contributed by atoms with Gasteiger partial charge in [0.1, 0.15) is 35.8 Å². The first-order valence-corrected chi connectivity index (χ1v) is 26.3. The van der Waals surface area contributed by atoms with E-state index >= 15 is 0 Å². The maximum absolute atomic E-state index is 14.3. The van der Waals surface area contributed by atoms with Gasteiger partial charge in [-0.15, -0.1) is 0 Å². The number of benzene rings is 1. The average Bonchev–Trinajstić information content (AvgIpc) is 3.57. The van der Waals surface area contributed by atoms with Crippen molar-refractivity contribution < 1.29 is 77.8 Å². The third-order valence-electron chi connectivity index (χ3n) is 17.4. The van der Waals surface area contributed by atoms with E-state index in [1.807, 2.05) is 0 Å². The fraction of sp³-hybridized carbons (Fsp3) is 0.796. The lowest BCUT2D eigenvalue weighted by Crippen LogP contribution is -2.64. The molecule has 0 unspecified atom stereocenters. The number of esters is 3. The highest BCUT2D eigenvalue weighted by Gasteiger charge is 2.71. The number of rotatable bonds is 21. The number of carbonyl (C=O) groups is 3. The number of aliphatic hydroxyl groups is 5. The molecule has 4 aliphatic carbocycles. The van der Waals surface area contributed by atoms with Gasteiger partial charge in [0.2, 0.25) is 0 Å². The zero-order valence-electron chi connectivity index (χ0n) is 42.3. The van der Waals surface area contributed by atoms with Crippen LogP contribution in [-0.4, -0.2) is 137 Å². The van der Waals surface area contributed by atoms with E-state index in [0.717, 1.165) is 44.9 Å². The van der Waals surface area contributed by atoms with Crippen molar-refractivity contribution in [1.29, 1.82) is 0 Å². The Kier molecular flexibility index (Phi) is 18.5. The van der Waals surface area contributed by atoms with E-state index in [1.54, 1.807) is 19.1 Å². The van der Waals surface area contributed by atoms with E-state index < -0.39 is 96.8 Å². The molecule has 0 bridgehead atoms. The highest BCUT2D eigenvalue weighted by Crippen LogP contribution is 2.69. The summed E-state index contributed by atoms with van der Waals surface area (Å²) in [5, 5.41) is 57.5. The van der Waals surface area contributed by atoms with Crippen molar-refractivity contribution in [3.63, 3.8) is 0 Å². The maximum Gasteiger partial charge on any atom is 0.338 e. The van der Waals surface area contributed by atoms with Gasteiger partial charge < -0.3 is 63.4 Å². The summed E-state index contributed by atoms with van der Waals surface area (Å²) in [4.78, 5) is 40.6. The quantitative estimate of drug-likeness (QED) is 0.0384. The summed E-state index contributed by atoms with van der Waals surface area (Å²) in [5.41, 5.74) is -1.33. The first-order valence-electron chi connectivity index (χ1n) is 26.3. The Hall–Kier alpha value is -3.19. The van der Waals surface area contributed by atoms with Crippen molar-refractivity contribution in [2.24, 2.45) is 34.5 Å². The zero-order chi connectivity index (χ0) is 50.4. The lowest BCUT2D eigenvalue weighted by atomic mass is 9.46. The highest BCUT2D eigenvalue weighted by molar-refractivity contribution is 5.89. The Morgan fingerprint density at radius 1 is 0.786 bits per heavy atom. The number of carbonyl (C=O) groups excluding carboxylic acids is 3. The second-order valence-electron chi connectivity index (χ2n) is 21.7. The Balaban J connectivity index is 1.12. The molecule has 6 aliphatic rings. The first-order chi connectivity index (χ1) is 33.5. The molecule has 1 aromatic rings. The molecule has 0 radical (unpaired) electrons. The van der Waals surface area contributed by atoms with Crippen LogP contribution in [0.4, 0.5) is 0 Å². The van der Waals surface area contributed by atoms with Crippen molar-refractivity contribution in [2.75, 3.05) is 26.9 Å². The van der Waals surface area contributed by atoms with Crippen LogP contribution < -0.4 is 4.74 Å². The van der Waals surface area contributed by atoms with Gasteiger partial charge in [-0.3, -0.25) is 9.59 Å². The van der Waals surface area contributed by atoms with Crippen molar-refractivity contribution in [2.45, 2.75) is 211 Å². The van der Waals surface area contributed by atoms with E-state index in [0.29, 0.717) is 31.4 Å². The van der Waals surface area contributed by atoms with Crippen molar-refractivity contribution in [3.05, 3.63) is 41.5 Å². The summed E-state index contributed by atoms with van der Waals surface area (Å²) in [6, 6.07) is 6.05. The molecule has 5 fully saturated rings. The van der Waals surface area contributed by atoms with Crippen LogP contribution in [0.3, 0.4) is 0 Å². The molecule has 0 spiro atoms. The fourth-order valence-corrected chi connectivity index (χ4v) is 13.3. The minimum atomic E-state index is -1.80. The van der Waals surface area contributed by atoms with Gasteiger partial charge in [0.05, 0.1) is 50.6 Å². The third kappa shape index (κ3) is 11.5. The number of methoxy groups -OCH3 is 1. The number of unbranched alkanes of at least 4 members (excludes halogenated alkanes) is 9. The minimum Gasteiger partial charge on any atom is -0.497 e. The van der Waals surface area contributed by atoms with Crippen LogP contribution in [-0.2, 0) is 42.7 Å². The van der Waals surface area contributed by atoms with Crippen LogP contribution in [0.25, 0.3) is 0 Å². The summed E-state index contributed by atoms with van der Waals surface area (Å²) >= 11 is 0. The summed E-state index contributed by atoms with van der Waals surface area (Å²) in [6.07, 6.45) is 4.82. The molecule has 2 heterocycles. The van der Waals surface area contributed by atoms with Crippen molar-refractivity contribution >= 4 is 17.9 Å². The molecule has 1 aromatic carbocycles. The molecule has 16 nitrogen and oxygen atoms in total. The number of ether oxygens (including phenoxy) is 8. The molecule has 2 saturated heterocycles. The van der Waals surface area contributed by atoms with Crippen LogP contribution in [0.2, 0.25) is 0 Å². The second kappa shape index (κ2) is 23.8. The molecule has 16 heteroatoms. The summed E-state index contributed by atoms with van der Waals surface area (Å²) < 4.78 is 47.8. The molecule has 3 saturated carbocycles. The molecule has 394 valence electrons. The number of hydrogen-bond acceptors (Lipinski definition) is 16. The topological polar surface area (TPSA) is 226 Å². The molecule has 7 rings (SSSR count). The van der Waals surface area contributed by atoms with E-state index in [2.05, 4.69) is 26.8 Å². The lowest BCUT2D eigenvalue weighted by Gasteiger charge is -2.59. The van der Waals surface area contributed by atoms with E-state index in [-0.39, 0.29) is 48.0 Å². The van der Waals surface area contributed by atoms with Crippen LogP contribution in [0.1, 0.15) is 154 Å². The Labute approximate surface area is 414 Å². The first kappa shape index (κ1) is 54.6. The molecule has 2 aliphatic heterocycles. The monoisotopic (exact) mass is 987 g/mol.